The van der Waals surface area contributed by atoms with Crippen molar-refractivity contribution in [2.75, 3.05) is 0 Å². The largest absolute Gasteiger partial charge is 0.456 e. The molecule has 0 N–H and O–H groups in total. The first kappa shape index (κ1) is 21.6. The minimum absolute atomic E-state index is 0.480. The summed E-state index contributed by atoms with van der Waals surface area (Å²) in [4.78, 5) is 0. The number of nitrogens with zero attached hydrogens (tertiary/aromatic N) is 2. The number of aryl methyl sites for hydroxylation is 2. The lowest BCUT2D eigenvalue weighted by molar-refractivity contribution is -0.660. The third kappa shape index (κ3) is 3.59. The Morgan fingerprint density at radius 3 is 2.42 bits per heavy atom. The van der Waals surface area contributed by atoms with Crippen molar-refractivity contribution < 1.29 is 13.7 Å². The third-order valence-corrected chi connectivity index (χ3v) is 6.57. The number of pyridine rings is 1. The fourth-order valence-corrected chi connectivity index (χ4v) is 4.77. The highest BCUT2D eigenvalue weighted by molar-refractivity contribution is 6.13. The Labute approximate surface area is 209 Å². The van der Waals surface area contributed by atoms with Crippen LogP contribution < -0.4 is 9.30 Å². The van der Waals surface area contributed by atoms with Gasteiger partial charge in [0.15, 0.2) is 6.20 Å². The number of rotatable bonds is 4. The van der Waals surface area contributed by atoms with Crippen LogP contribution in [0.2, 0.25) is 0 Å². The van der Waals surface area contributed by atoms with Crippen LogP contribution in [-0.4, -0.2) is 0 Å². The molecule has 0 aliphatic carbocycles. The number of para-hydroxylation sites is 2. The lowest BCUT2D eigenvalue weighted by Gasteiger charge is -2.10. The normalized spacial score (nSPS) is 11.0. The van der Waals surface area contributed by atoms with E-state index in [1.54, 1.807) is 6.07 Å². The zero-order chi connectivity index (χ0) is 24.6. The Balaban J connectivity index is 1.56. The van der Waals surface area contributed by atoms with Gasteiger partial charge in [0.05, 0.1) is 11.1 Å². The monoisotopic (exact) mass is 467 g/mol. The molecule has 0 saturated carbocycles. The lowest BCUT2D eigenvalue weighted by atomic mass is 9.98. The lowest BCUT2D eigenvalue weighted by Crippen LogP contribution is -2.30. The van der Waals surface area contributed by atoms with Gasteiger partial charge in [-0.3, -0.25) is 0 Å². The molecular formula is C32H23N2O2+. The molecule has 36 heavy (non-hydrogen) atoms. The molecule has 2 heterocycles. The van der Waals surface area contributed by atoms with Gasteiger partial charge < -0.3 is 9.15 Å². The molecule has 4 aromatic carbocycles. The number of benzene rings is 4. The summed E-state index contributed by atoms with van der Waals surface area (Å²) in [6.07, 6.45) is 2.05. The minimum atomic E-state index is 0.480. The Morgan fingerprint density at radius 2 is 1.61 bits per heavy atom. The van der Waals surface area contributed by atoms with Crippen molar-refractivity contribution in [2.45, 2.75) is 6.92 Å². The SMILES string of the molecule is Cc1ccc2c(oc3c(-c4ccc(C#N)c(Oc5ccccc5)c4)cccc32)c1-c1cccc[n+]1C. The maximum Gasteiger partial charge on any atom is 0.216 e. The molecule has 6 aromatic rings. The molecule has 0 saturated heterocycles. The molecule has 4 heteroatoms. The number of hydrogen-bond acceptors (Lipinski definition) is 3. The average molecular weight is 468 g/mol. The van der Waals surface area contributed by atoms with Crippen LogP contribution in [0.4, 0.5) is 0 Å². The summed E-state index contributed by atoms with van der Waals surface area (Å²) in [6.45, 7) is 2.11. The van der Waals surface area contributed by atoms with E-state index in [1.165, 1.54) is 0 Å². The molecule has 0 bridgehead atoms. The summed E-state index contributed by atoms with van der Waals surface area (Å²) in [5, 5.41) is 11.8. The number of ether oxygens (including phenoxy) is 1. The van der Waals surface area contributed by atoms with Crippen LogP contribution in [0.15, 0.2) is 108 Å². The van der Waals surface area contributed by atoms with E-state index in [4.69, 9.17) is 9.15 Å². The molecule has 0 radical (unpaired) electrons. The maximum atomic E-state index is 9.66. The van der Waals surface area contributed by atoms with Gasteiger partial charge in [-0.25, -0.2) is 4.57 Å². The summed E-state index contributed by atoms with van der Waals surface area (Å²) in [7, 11) is 2.05. The second-order valence-corrected chi connectivity index (χ2v) is 8.85. The predicted octanol–water partition coefficient (Wildman–Crippen LogP) is 7.72. The van der Waals surface area contributed by atoms with Gasteiger partial charge in [0, 0.05) is 28.5 Å². The van der Waals surface area contributed by atoms with Gasteiger partial charge in [0.1, 0.15) is 35.8 Å². The Bertz CT molecular complexity index is 1790. The van der Waals surface area contributed by atoms with E-state index in [9.17, 15) is 5.26 Å². The maximum absolute atomic E-state index is 9.66. The molecular weight excluding hydrogens is 444 g/mol. The van der Waals surface area contributed by atoms with E-state index in [0.29, 0.717) is 17.1 Å². The van der Waals surface area contributed by atoms with Crippen molar-refractivity contribution in [1.82, 2.24) is 0 Å². The number of hydrogen-bond donors (Lipinski definition) is 0. The summed E-state index contributed by atoms with van der Waals surface area (Å²) in [5.41, 5.74) is 7.38. The molecule has 0 aliphatic heterocycles. The van der Waals surface area contributed by atoms with Gasteiger partial charge in [-0.2, -0.15) is 5.26 Å². The number of furan rings is 1. The molecule has 0 spiro atoms. The van der Waals surface area contributed by atoms with Gasteiger partial charge in [-0.15, -0.1) is 0 Å². The Hall–Kier alpha value is -4.88. The van der Waals surface area contributed by atoms with Crippen LogP contribution in [-0.2, 0) is 7.05 Å². The fourth-order valence-electron chi connectivity index (χ4n) is 4.77. The van der Waals surface area contributed by atoms with Crippen LogP contribution in [0.1, 0.15) is 11.1 Å². The highest BCUT2D eigenvalue weighted by Crippen LogP contribution is 2.41. The van der Waals surface area contributed by atoms with Gasteiger partial charge in [0.2, 0.25) is 5.69 Å². The molecule has 0 amide bonds. The molecule has 0 fully saturated rings. The van der Waals surface area contributed by atoms with Crippen LogP contribution in [0.25, 0.3) is 44.3 Å². The first-order valence-corrected chi connectivity index (χ1v) is 11.8. The van der Waals surface area contributed by atoms with E-state index < -0.39 is 0 Å². The van der Waals surface area contributed by atoms with Crippen molar-refractivity contribution >= 4 is 21.9 Å². The van der Waals surface area contributed by atoms with E-state index in [1.807, 2.05) is 80.0 Å². The summed E-state index contributed by atoms with van der Waals surface area (Å²) in [6, 6.07) is 34.1. The standard InChI is InChI=1S/C32H23N2O2/c1-21-14-17-27-26-12-8-11-25(31(26)36-32(27)30(21)28-13-6-7-18-34(28)2)22-15-16-23(20-33)29(19-22)35-24-9-4-3-5-10-24/h3-19H,1-2H3/q+1. The van der Waals surface area contributed by atoms with Crippen molar-refractivity contribution in [3.8, 4) is 40.0 Å². The smallest absolute Gasteiger partial charge is 0.216 e. The Morgan fingerprint density at radius 1 is 0.806 bits per heavy atom. The summed E-state index contributed by atoms with van der Waals surface area (Å²) in [5.74, 6) is 1.20. The molecule has 4 nitrogen and oxygen atoms in total. The average Bonchev–Trinajstić information content (AvgIpc) is 3.28. The summed E-state index contributed by atoms with van der Waals surface area (Å²) >= 11 is 0. The van der Waals surface area contributed by atoms with Gasteiger partial charge in [0.25, 0.3) is 0 Å². The van der Waals surface area contributed by atoms with Crippen LogP contribution in [0, 0.1) is 18.3 Å². The quantitative estimate of drug-likeness (QED) is 0.249. The first-order valence-electron chi connectivity index (χ1n) is 11.8. The zero-order valence-corrected chi connectivity index (χ0v) is 20.0. The van der Waals surface area contributed by atoms with E-state index in [2.05, 4.69) is 41.8 Å². The minimum Gasteiger partial charge on any atom is -0.456 e. The van der Waals surface area contributed by atoms with Crippen molar-refractivity contribution in [3.63, 3.8) is 0 Å². The van der Waals surface area contributed by atoms with E-state index >= 15 is 0 Å². The third-order valence-electron chi connectivity index (χ3n) is 6.57. The molecule has 0 aliphatic rings. The van der Waals surface area contributed by atoms with Gasteiger partial charge >= 0.3 is 0 Å². The summed E-state index contributed by atoms with van der Waals surface area (Å²) < 4.78 is 14.9. The zero-order valence-electron chi connectivity index (χ0n) is 20.0. The van der Waals surface area contributed by atoms with Crippen molar-refractivity contribution in [3.05, 3.63) is 114 Å². The first-order chi connectivity index (χ1) is 17.6. The van der Waals surface area contributed by atoms with E-state index in [-0.39, 0.29) is 0 Å². The van der Waals surface area contributed by atoms with Crippen LogP contribution in [0.5, 0.6) is 11.5 Å². The second-order valence-electron chi connectivity index (χ2n) is 8.85. The number of aromatic nitrogens is 1. The van der Waals surface area contributed by atoms with Gasteiger partial charge in [-0.1, -0.05) is 54.6 Å². The Kier molecular flexibility index (Phi) is 5.24. The predicted molar refractivity (Wildman–Crippen MR) is 142 cm³/mol. The van der Waals surface area contributed by atoms with Crippen LogP contribution in [0.3, 0.4) is 0 Å². The highest BCUT2D eigenvalue weighted by atomic mass is 16.5. The number of nitriles is 1. The van der Waals surface area contributed by atoms with E-state index in [0.717, 1.165) is 49.9 Å². The van der Waals surface area contributed by atoms with Crippen molar-refractivity contribution in [1.29, 1.82) is 5.26 Å². The second kappa shape index (κ2) is 8.72. The fraction of sp³-hybridized carbons (Fsp3) is 0.0625. The van der Waals surface area contributed by atoms with Crippen LogP contribution >= 0.6 is 0 Å². The molecule has 2 aromatic heterocycles. The number of fused-ring (bicyclic) bond motifs is 3. The highest BCUT2D eigenvalue weighted by Gasteiger charge is 2.21. The topological polar surface area (TPSA) is 50.0 Å². The molecule has 6 rings (SSSR count). The van der Waals surface area contributed by atoms with Gasteiger partial charge in [-0.05, 0) is 48.4 Å². The van der Waals surface area contributed by atoms with Crippen molar-refractivity contribution in [2.24, 2.45) is 7.05 Å². The molecule has 0 atom stereocenters. The molecule has 172 valence electrons. The molecule has 0 unspecified atom stereocenters.